The lowest BCUT2D eigenvalue weighted by molar-refractivity contribution is 0.421. The fraction of sp³-hybridized carbons (Fsp3) is 0.471. The topological polar surface area (TPSA) is 81.2 Å². The molecule has 2 aliphatic rings. The highest BCUT2D eigenvalue weighted by molar-refractivity contribution is 7.71. The summed E-state index contributed by atoms with van der Waals surface area (Å²) < 4.78 is 0.132. The Morgan fingerprint density at radius 2 is 1.96 bits per heavy atom. The average Bonchev–Trinajstić information content (AvgIpc) is 2.82. The van der Waals surface area contributed by atoms with Gasteiger partial charge in [-0.25, -0.2) is 0 Å². The number of nitrogens with one attached hydrogen (secondary N) is 2. The van der Waals surface area contributed by atoms with Gasteiger partial charge in [0, 0.05) is 17.0 Å². The van der Waals surface area contributed by atoms with Gasteiger partial charge >= 0.3 is 0 Å². The molecule has 1 aromatic rings. The molecular weight excluding hydrogens is 310 g/mol. The molecule has 0 radical (unpaired) electrons. The van der Waals surface area contributed by atoms with E-state index in [9.17, 15) is 9.90 Å². The van der Waals surface area contributed by atoms with Gasteiger partial charge in [0.15, 0.2) is 4.77 Å². The van der Waals surface area contributed by atoms with Crippen LogP contribution in [0.2, 0.25) is 0 Å². The van der Waals surface area contributed by atoms with Crippen molar-refractivity contribution in [3.05, 3.63) is 38.0 Å². The van der Waals surface area contributed by atoms with Crippen molar-refractivity contribution >= 4 is 23.5 Å². The molecular formula is C17H21N3O2S. The fourth-order valence-corrected chi connectivity index (χ4v) is 3.81. The molecule has 0 spiro atoms. The first-order valence-electron chi connectivity index (χ1n) is 8.01. The highest BCUT2D eigenvalue weighted by Gasteiger charge is 2.28. The molecule has 1 aromatic heterocycles. The highest BCUT2D eigenvalue weighted by atomic mass is 32.1. The molecule has 23 heavy (non-hydrogen) atoms. The molecule has 0 bridgehead atoms. The molecule has 0 aromatic carbocycles. The van der Waals surface area contributed by atoms with Crippen LogP contribution in [0.15, 0.2) is 27.1 Å². The minimum absolute atomic E-state index is 0.132. The summed E-state index contributed by atoms with van der Waals surface area (Å²) in [6, 6.07) is 0. The van der Waals surface area contributed by atoms with Crippen LogP contribution in [0, 0.1) is 10.7 Å². The number of rotatable bonds is 2. The van der Waals surface area contributed by atoms with Gasteiger partial charge in [-0.3, -0.25) is 14.8 Å². The number of aliphatic imine (C=N–C) groups is 1. The Hall–Kier alpha value is -1.95. The Bertz CT molecular complexity index is 836. The quantitative estimate of drug-likeness (QED) is 0.720. The zero-order chi connectivity index (χ0) is 16.6. The third kappa shape index (κ3) is 3.08. The Morgan fingerprint density at radius 1 is 1.26 bits per heavy atom. The van der Waals surface area contributed by atoms with Gasteiger partial charge in [0.05, 0.1) is 0 Å². The van der Waals surface area contributed by atoms with Crippen LogP contribution in [-0.4, -0.2) is 20.8 Å². The van der Waals surface area contributed by atoms with Crippen molar-refractivity contribution in [3.8, 4) is 5.88 Å². The Balaban J connectivity index is 2.26. The summed E-state index contributed by atoms with van der Waals surface area (Å²) in [5.41, 5.74) is 3.63. The predicted octanol–water partition coefficient (Wildman–Crippen LogP) is 3.85. The van der Waals surface area contributed by atoms with E-state index in [1.807, 2.05) is 19.9 Å². The van der Waals surface area contributed by atoms with Gasteiger partial charge in [-0.05, 0) is 56.5 Å². The lowest BCUT2D eigenvalue weighted by Gasteiger charge is -2.26. The molecule has 0 saturated heterocycles. The monoisotopic (exact) mass is 331 g/mol. The average molecular weight is 331 g/mol. The van der Waals surface area contributed by atoms with Gasteiger partial charge in [-0.2, -0.15) is 0 Å². The molecule has 0 unspecified atom stereocenters. The molecule has 3 rings (SSSR count). The number of hydrogen-bond acceptors (Lipinski definition) is 4. The molecule has 1 saturated carbocycles. The molecule has 0 amide bonds. The molecule has 122 valence electrons. The Morgan fingerprint density at radius 3 is 2.52 bits per heavy atom. The van der Waals surface area contributed by atoms with Gasteiger partial charge in [0.25, 0.3) is 5.56 Å². The molecule has 6 heteroatoms. The third-order valence-electron chi connectivity index (χ3n) is 4.58. The van der Waals surface area contributed by atoms with Crippen molar-refractivity contribution in [2.45, 2.75) is 46.0 Å². The van der Waals surface area contributed by atoms with Crippen molar-refractivity contribution in [2.75, 3.05) is 0 Å². The number of aromatic nitrogens is 2. The number of allylic oxidation sites excluding steroid dienone is 4. The molecule has 0 atom stereocenters. The fourth-order valence-electron chi connectivity index (χ4n) is 3.62. The maximum Gasteiger partial charge on any atom is 0.263 e. The van der Waals surface area contributed by atoms with E-state index in [2.05, 4.69) is 15.0 Å². The van der Waals surface area contributed by atoms with Gasteiger partial charge in [-0.1, -0.05) is 19.3 Å². The van der Waals surface area contributed by atoms with Crippen molar-refractivity contribution in [3.63, 3.8) is 0 Å². The van der Waals surface area contributed by atoms with E-state index < -0.39 is 0 Å². The van der Waals surface area contributed by atoms with E-state index in [1.54, 1.807) is 0 Å². The summed E-state index contributed by atoms with van der Waals surface area (Å²) in [6.45, 7) is 3.89. The van der Waals surface area contributed by atoms with Crippen LogP contribution in [0.1, 0.15) is 51.5 Å². The number of nitrogens with zero attached hydrogens (tertiary/aromatic N) is 1. The first-order chi connectivity index (χ1) is 11.0. The van der Waals surface area contributed by atoms with Crippen LogP contribution >= 0.6 is 12.2 Å². The van der Waals surface area contributed by atoms with E-state index in [1.165, 1.54) is 6.42 Å². The van der Waals surface area contributed by atoms with E-state index in [0.29, 0.717) is 5.56 Å². The van der Waals surface area contributed by atoms with Crippen molar-refractivity contribution in [2.24, 2.45) is 10.9 Å². The van der Waals surface area contributed by atoms with Crippen molar-refractivity contribution < 1.29 is 5.11 Å². The van der Waals surface area contributed by atoms with Gasteiger partial charge < -0.3 is 10.1 Å². The van der Waals surface area contributed by atoms with Gasteiger partial charge in [-0.15, -0.1) is 0 Å². The minimum atomic E-state index is -0.343. The van der Waals surface area contributed by atoms with Crippen LogP contribution < -0.4 is 5.56 Å². The largest absolute Gasteiger partial charge is 0.494 e. The second kappa shape index (κ2) is 6.28. The van der Waals surface area contributed by atoms with Gasteiger partial charge in [0.1, 0.15) is 5.56 Å². The molecule has 3 N–H and O–H groups in total. The van der Waals surface area contributed by atoms with Crippen LogP contribution in [0.3, 0.4) is 0 Å². The van der Waals surface area contributed by atoms with E-state index in [4.69, 9.17) is 12.2 Å². The zero-order valence-electron chi connectivity index (χ0n) is 13.4. The Labute approximate surface area is 139 Å². The van der Waals surface area contributed by atoms with E-state index >= 15 is 0 Å². The zero-order valence-corrected chi connectivity index (χ0v) is 14.2. The SMILES string of the molecule is CC1=C/C(=C(\c2c(O)[nH]c(=S)[nH]c2=O)C2CCCCC2)C(C)=N1. The first kappa shape index (κ1) is 15.9. The number of aromatic amines is 2. The molecule has 5 nitrogen and oxygen atoms in total. The molecule has 1 fully saturated rings. The molecule has 2 heterocycles. The van der Waals surface area contributed by atoms with E-state index in [-0.39, 0.29) is 22.1 Å². The summed E-state index contributed by atoms with van der Waals surface area (Å²) in [7, 11) is 0. The maximum absolute atomic E-state index is 12.5. The first-order valence-corrected chi connectivity index (χ1v) is 8.42. The molecule has 1 aliphatic carbocycles. The maximum atomic E-state index is 12.5. The van der Waals surface area contributed by atoms with Crippen LogP contribution in [0.25, 0.3) is 5.57 Å². The summed E-state index contributed by atoms with van der Waals surface area (Å²) in [5.74, 6) is 0.0972. The summed E-state index contributed by atoms with van der Waals surface area (Å²) in [5, 5.41) is 10.3. The van der Waals surface area contributed by atoms with E-state index in [0.717, 1.165) is 48.2 Å². The van der Waals surface area contributed by atoms with Crippen LogP contribution in [-0.2, 0) is 0 Å². The van der Waals surface area contributed by atoms with Gasteiger partial charge in [0.2, 0.25) is 5.88 Å². The summed E-state index contributed by atoms with van der Waals surface area (Å²) in [6.07, 6.45) is 7.55. The van der Waals surface area contributed by atoms with Crippen molar-refractivity contribution in [1.29, 1.82) is 0 Å². The second-order valence-electron chi connectivity index (χ2n) is 6.28. The normalized spacial score (nSPS) is 21.1. The standard InChI is InChI=1S/C17H21N3O2S/c1-9-8-12(10(2)18-9)13(11-6-4-3-5-7-11)14-15(21)19-17(23)20-16(14)22/h8,11H,3-7H2,1-2H3,(H3,19,20,21,22,23)/b13-12+. The number of hydrogen-bond donors (Lipinski definition) is 3. The summed E-state index contributed by atoms with van der Waals surface area (Å²) >= 11 is 4.94. The lowest BCUT2D eigenvalue weighted by Crippen LogP contribution is -2.20. The van der Waals surface area contributed by atoms with Crippen molar-refractivity contribution in [1.82, 2.24) is 9.97 Å². The third-order valence-corrected chi connectivity index (χ3v) is 4.79. The van der Waals surface area contributed by atoms with Crippen LogP contribution in [0.4, 0.5) is 0 Å². The summed E-state index contributed by atoms with van der Waals surface area (Å²) in [4.78, 5) is 22.2. The predicted molar refractivity (Wildman–Crippen MR) is 94.3 cm³/mol. The smallest absolute Gasteiger partial charge is 0.263 e. The second-order valence-corrected chi connectivity index (χ2v) is 6.69. The molecule has 1 aliphatic heterocycles. The Kier molecular flexibility index (Phi) is 4.35. The lowest BCUT2D eigenvalue weighted by atomic mass is 9.78. The number of aromatic hydroxyl groups is 1. The minimum Gasteiger partial charge on any atom is -0.494 e. The highest BCUT2D eigenvalue weighted by Crippen LogP contribution is 2.40. The number of H-pyrrole nitrogens is 2. The van der Waals surface area contributed by atoms with Crippen LogP contribution in [0.5, 0.6) is 5.88 Å².